The standard InChI is InChI=1S/C14H17N5OS.C2HF3O2/c1-17-7-11(4-16-17)19-6-10-5-18(8-12(10)14(19)20)9-13-15-2-3-21-13;3-2(4,5)1(6)7/h2-4,7,10,12H,5-6,8-9H2,1H3;(H,6,7)/t10-,12-;/m0./s1. The van der Waals surface area contributed by atoms with E-state index in [4.69, 9.17) is 9.90 Å². The van der Waals surface area contributed by atoms with Crippen molar-refractivity contribution in [1.29, 1.82) is 0 Å². The van der Waals surface area contributed by atoms with Crippen LogP contribution in [0.3, 0.4) is 0 Å². The molecule has 0 aliphatic carbocycles. The Bertz CT molecular complexity index is 839. The normalized spacial score (nSPS) is 22.1. The second-order valence-electron chi connectivity index (χ2n) is 6.61. The SMILES string of the molecule is Cn1cc(N2C[C@@H]3CN(Cc4nccs4)C[C@@H]3C2=O)cn1.O=C(O)C(F)(F)F. The van der Waals surface area contributed by atoms with Crippen LogP contribution >= 0.6 is 11.3 Å². The van der Waals surface area contributed by atoms with E-state index in [-0.39, 0.29) is 11.8 Å². The Labute approximate surface area is 162 Å². The largest absolute Gasteiger partial charge is 0.490 e. The molecule has 4 heterocycles. The summed E-state index contributed by atoms with van der Waals surface area (Å²) in [5.41, 5.74) is 0.920. The zero-order valence-corrected chi connectivity index (χ0v) is 15.7. The van der Waals surface area contributed by atoms with Crippen LogP contribution in [0.15, 0.2) is 24.0 Å². The first-order chi connectivity index (χ1) is 13.1. The van der Waals surface area contributed by atoms with Crippen LogP contribution in [0.25, 0.3) is 0 Å². The molecule has 0 bridgehead atoms. The van der Waals surface area contributed by atoms with Crippen LogP contribution in [-0.4, -0.2) is 62.5 Å². The molecule has 0 radical (unpaired) electrons. The molecule has 2 fully saturated rings. The van der Waals surface area contributed by atoms with Gasteiger partial charge in [0.25, 0.3) is 0 Å². The number of amides is 1. The van der Waals surface area contributed by atoms with Gasteiger partial charge in [-0.15, -0.1) is 11.3 Å². The summed E-state index contributed by atoms with van der Waals surface area (Å²) in [5, 5.41) is 14.4. The van der Waals surface area contributed by atoms with Crippen LogP contribution in [0.1, 0.15) is 5.01 Å². The Balaban J connectivity index is 0.000000279. The van der Waals surface area contributed by atoms with Gasteiger partial charge in [0.15, 0.2) is 0 Å². The Morgan fingerprint density at radius 2 is 2.07 bits per heavy atom. The lowest BCUT2D eigenvalue weighted by atomic mass is 10.0. The van der Waals surface area contributed by atoms with Crippen LogP contribution < -0.4 is 4.90 Å². The number of carboxylic acid groups (broad SMARTS) is 1. The molecule has 2 aromatic heterocycles. The number of hydrogen-bond acceptors (Lipinski definition) is 6. The monoisotopic (exact) mass is 417 g/mol. The molecule has 0 aromatic carbocycles. The highest BCUT2D eigenvalue weighted by Crippen LogP contribution is 2.35. The van der Waals surface area contributed by atoms with E-state index >= 15 is 0 Å². The van der Waals surface area contributed by atoms with Gasteiger partial charge in [-0.3, -0.25) is 14.4 Å². The van der Waals surface area contributed by atoms with E-state index in [2.05, 4.69) is 15.0 Å². The molecular weight excluding hydrogens is 399 g/mol. The van der Waals surface area contributed by atoms with Crippen molar-refractivity contribution in [3.8, 4) is 0 Å². The molecule has 12 heteroatoms. The van der Waals surface area contributed by atoms with E-state index in [1.165, 1.54) is 0 Å². The first-order valence-electron chi connectivity index (χ1n) is 8.36. The Hall–Kier alpha value is -2.47. The topological polar surface area (TPSA) is 91.6 Å². The minimum Gasteiger partial charge on any atom is -0.475 e. The maximum atomic E-state index is 12.6. The van der Waals surface area contributed by atoms with Gasteiger partial charge in [-0.2, -0.15) is 18.3 Å². The molecule has 0 saturated carbocycles. The number of carboxylic acids is 1. The third kappa shape index (κ3) is 4.50. The van der Waals surface area contributed by atoms with Crippen molar-refractivity contribution in [2.24, 2.45) is 18.9 Å². The van der Waals surface area contributed by atoms with Crippen LogP contribution in [-0.2, 0) is 23.2 Å². The molecule has 8 nitrogen and oxygen atoms in total. The summed E-state index contributed by atoms with van der Waals surface area (Å²) in [5.74, 6) is -1.95. The fraction of sp³-hybridized carbons (Fsp3) is 0.500. The molecule has 2 saturated heterocycles. The Morgan fingerprint density at radius 3 is 2.57 bits per heavy atom. The molecule has 2 aromatic rings. The van der Waals surface area contributed by atoms with Crippen molar-refractivity contribution in [3.63, 3.8) is 0 Å². The number of fused-ring (bicyclic) bond motifs is 1. The highest BCUT2D eigenvalue weighted by molar-refractivity contribution is 7.09. The van der Waals surface area contributed by atoms with Crippen LogP contribution in [0.5, 0.6) is 0 Å². The number of nitrogens with zero attached hydrogens (tertiary/aromatic N) is 5. The summed E-state index contributed by atoms with van der Waals surface area (Å²) < 4.78 is 33.5. The molecule has 1 N–H and O–H groups in total. The molecular formula is C16H18F3N5O3S. The Morgan fingerprint density at radius 1 is 1.36 bits per heavy atom. The first kappa shape index (κ1) is 20.3. The summed E-state index contributed by atoms with van der Waals surface area (Å²) in [7, 11) is 1.88. The van der Waals surface area contributed by atoms with Crippen LogP contribution in [0.4, 0.5) is 18.9 Å². The summed E-state index contributed by atoms with van der Waals surface area (Å²) in [6, 6.07) is 0. The lowest BCUT2D eigenvalue weighted by Gasteiger charge is -2.19. The van der Waals surface area contributed by atoms with Gasteiger partial charge in [0, 0.05) is 50.4 Å². The molecule has 0 unspecified atom stereocenters. The predicted molar refractivity (Wildman–Crippen MR) is 93.6 cm³/mol. The van der Waals surface area contributed by atoms with Gasteiger partial charge in [-0.1, -0.05) is 0 Å². The maximum absolute atomic E-state index is 12.6. The number of hydrogen-bond donors (Lipinski definition) is 1. The highest BCUT2D eigenvalue weighted by Gasteiger charge is 2.46. The van der Waals surface area contributed by atoms with Gasteiger partial charge < -0.3 is 10.0 Å². The van der Waals surface area contributed by atoms with E-state index in [1.54, 1.807) is 22.2 Å². The van der Waals surface area contributed by atoms with Crippen LogP contribution in [0, 0.1) is 11.8 Å². The second-order valence-corrected chi connectivity index (χ2v) is 7.59. The predicted octanol–water partition coefficient (Wildman–Crippen LogP) is 1.60. The minimum atomic E-state index is -5.08. The third-order valence-electron chi connectivity index (χ3n) is 4.60. The maximum Gasteiger partial charge on any atom is 0.490 e. The van der Waals surface area contributed by atoms with E-state index in [9.17, 15) is 18.0 Å². The van der Waals surface area contributed by atoms with E-state index in [0.29, 0.717) is 5.92 Å². The van der Waals surface area contributed by atoms with Gasteiger partial charge in [0.1, 0.15) is 5.01 Å². The van der Waals surface area contributed by atoms with Crippen molar-refractivity contribution >= 4 is 28.9 Å². The number of aromatic nitrogens is 3. The number of aryl methyl sites for hydroxylation is 1. The zero-order chi connectivity index (χ0) is 20.5. The smallest absolute Gasteiger partial charge is 0.475 e. The third-order valence-corrected chi connectivity index (χ3v) is 5.37. The second kappa shape index (κ2) is 7.87. The molecule has 4 rings (SSSR count). The molecule has 2 aliphatic rings. The Kier molecular flexibility index (Phi) is 5.70. The van der Waals surface area contributed by atoms with Gasteiger partial charge in [-0.25, -0.2) is 9.78 Å². The van der Waals surface area contributed by atoms with Gasteiger partial charge in [0.05, 0.1) is 24.3 Å². The van der Waals surface area contributed by atoms with Crippen molar-refractivity contribution in [2.45, 2.75) is 12.7 Å². The average Bonchev–Trinajstić information content (AvgIpc) is 3.36. The van der Waals surface area contributed by atoms with E-state index in [0.717, 1.165) is 36.9 Å². The number of aliphatic carboxylic acids is 1. The minimum absolute atomic E-state index is 0.130. The quantitative estimate of drug-likeness (QED) is 0.816. The van der Waals surface area contributed by atoms with Gasteiger partial charge in [0.2, 0.25) is 5.91 Å². The van der Waals surface area contributed by atoms with E-state index in [1.807, 2.05) is 29.7 Å². The number of halogens is 3. The zero-order valence-electron chi connectivity index (χ0n) is 14.8. The highest BCUT2D eigenvalue weighted by atomic mass is 32.1. The lowest BCUT2D eigenvalue weighted by Crippen LogP contribution is -2.32. The van der Waals surface area contributed by atoms with Crippen molar-refractivity contribution in [3.05, 3.63) is 29.0 Å². The van der Waals surface area contributed by atoms with Crippen molar-refractivity contribution in [1.82, 2.24) is 19.7 Å². The fourth-order valence-electron chi connectivity index (χ4n) is 3.38. The van der Waals surface area contributed by atoms with Crippen LogP contribution in [0.2, 0.25) is 0 Å². The number of rotatable bonds is 3. The summed E-state index contributed by atoms with van der Waals surface area (Å²) in [4.78, 5) is 30.1. The number of likely N-dealkylation sites (tertiary alicyclic amines) is 1. The number of thiazole rings is 1. The molecule has 1 amide bonds. The van der Waals surface area contributed by atoms with Gasteiger partial charge >= 0.3 is 12.1 Å². The van der Waals surface area contributed by atoms with Crippen molar-refractivity contribution < 1.29 is 27.9 Å². The number of carbonyl (C=O) groups is 2. The molecule has 28 heavy (non-hydrogen) atoms. The number of carbonyl (C=O) groups excluding carboxylic acids is 1. The van der Waals surface area contributed by atoms with E-state index < -0.39 is 12.1 Å². The fourth-order valence-corrected chi connectivity index (χ4v) is 4.04. The summed E-state index contributed by atoms with van der Waals surface area (Å²) in [6.45, 7) is 3.50. The summed E-state index contributed by atoms with van der Waals surface area (Å²) in [6.07, 6.45) is 0.435. The van der Waals surface area contributed by atoms with Gasteiger partial charge in [-0.05, 0) is 0 Å². The molecule has 2 atom stereocenters. The number of anilines is 1. The molecule has 2 aliphatic heterocycles. The first-order valence-corrected chi connectivity index (χ1v) is 9.24. The molecule has 0 spiro atoms. The summed E-state index contributed by atoms with van der Waals surface area (Å²) >= 11 is 1.68. The molecule has 152 valence electrons. The average molecular weight is 417 g/mol. The number of alkyl halides is 3. The lowest BCUT2D eigenvalue weighted by molar-refractivity contribution is -0.192. The van der Waals surface area contributed by atoms with Crippen molar-refractivity contribution in [2.75, 3.05) is 24.5 Å².